The molecule has 0 heterocycles. The summed E-state index contributed by atoms with van der Waals surface area (Å²) in [5, 5.41) is 21.8. The summed E-state index contributed by atoms with van der Waals surface area (Å²) in [7, 11) is 0. The maximum Gasteiger partial charge on any atom is 0.216 e. The van der Waals surface area contributed by atoms with Gasteiger partial charge in [0.1, 0.15) is 17.7 Å². The van der Waals surface area contributed by atoms with Crippen LogP contribution in [0.15, 0.2) is 18.2 Å². The molecule has 0 aromatic heterocycles. The smallest absolute Gasteiger partial charge is 0.216 e. The van der Waals surface area contributed by atoms with Gasteiger partial charge in [-0.05, 0) is 12.5 Å². The Morgan fingerprint density at radius 1 is 1.39 bits per heavy atom. The normalized spacial score (nSPS) is 14.1. The number of amides is 1. The molecule has 1 rings (SSSR count). The molecule has 0 aliphatic rings. The van der Waals surface area contributed by atoms with Crippen LogP contribution in [0.3, 0.4) is 0 Å². The molecule has 1 amide bonds. The van der Waals surface area contributed by atoms with Crippen LogP contribution in [-0.4, -0.2) is 28.8 Å². The van der Waals surface area contributed by atoms with Crippen molar-refractivity contribution < 1.29 is 23.8 Å². The number of aliphatic hydroxyl groups excluding tert-OH is 2. The second-order valence-electron chi connectivity index (χ2n) is 3.95. The Balaban J connectivity index is 2.62. The number of rotatable bonds is 5. The molecule has 1 aromatic rings. The molecular weight excluding hydrogens is 244 g/mol. The molecule has 0 aliphatic carbocycles. The SMILES string of the molecule is CC(=O)NCCC(O)C(O)c1ccc(F)cc1F. The van der Waals surface area contributed by atoms with E-state index in [-0.39, 0.29) is 24.4 Å². The Bertz CT molecular complexity index is 426. The van der Waals surface area contributed by atoms with E-state index in [9.17, 15) is 23.8 Å². The third-order valence-corrected chi connectivity index (χ3v) is 2.46. The first-order chi connectivity index (χ1) is 8.41. The number of hydrogen-bond acceptors (Lipinski definition) is 3. The fraction of sp³-hybridized carbons (Fsp3) is 0.417. The molecule has 0 spiro atoms. The van der Waals surface area contributed by atoms with Crippen molar-refractivity contribution in [2.75, 3.05) is 6.54 Å². The summed E-state index contributed by atoms with van der Waals surface area (Å²) in [6.07, 6.45) is -2.63. The van der Waals surface area contributed by atoms with Gasteiger partial charge in [0.15, 0.2) is 0 Å². The van der Waals surface area contributed by atoms with Crippen molar-refractivity contribution in [2.45, 2.75) is 25.6 Å². The van der Waals surface area contributed by atoms with Crippen molar-refractivity contribution in [2.24, 2.45) is 0 Å². The Hall–Kier alpha value is -1.53. The second kappa shape index (κ2) is 6.42. The predicted octanol–water partition coefficient (Wildman–Crippen LogP) is 0.885. The van der Waals surface area contributed by atoms with Crippen molar-refractivity contribution in [1.82, 2.24) is 5.32 Å². The molecule has 0 fully saturated rings. The van der Waals surface area contributed by atoms with E-state index in [1.54, 1.807) is 0 Å². The summed E-state index contributed by atoms with van der Waals surface area (Å²) >= 11 is 0. The van der Waals surface area contributed by atoms with Gasteiger partial charge in [-0.25, -0.2) is 8.78 Å². The van der Waals surface area contributed by atoms with Crippen LogP contribution in [0.5, 0.6) is 0 Å². The monoisotopic (exact) mass is 259 g/mol. The summed E-state index contributed by atoms with van der Waals surface area (Å²) in [5.41, 5.74) is -0.174. The molecule has 0 bridgehead atoms. The number of carbonyl (C=O) groups excluding carboxylic acids is 1. The van der Waals surface area contributed by atoms with Crippen LogP contribution in [0.25, 0.3) is 0 Å². The van der Waals surface area contributed by atoms with Gasteiger partial charge in [-0.3, -0.25) is 4.79 Å². The summed E-state index contributed by atoms with van der Waals surface area (Å²) in [6.45, 7) is 1.48. The van der Waals surface area contributed by atoms with Crippen LogP contribution in [0, 0.1) is 11.6 Å². The van der Waals surface area contributed by atoms with Gasteiger partial charge in [0.05, 0.1) is 6.10 Å². The molecule has 18 heavy (non-hydrogen) atoms. The van der Waals surface area contributed by atoms with Gasteiger partial charge in [0.2, 0.25) is 5.91 Å². The minimum atomic E-state index is -1.46. The molecule has 0 aliphatic heterocycles. The quantitative estimate of drug-likeness (QED) is 0.735. The van der Waals surface area contributed by atoms with Crippen molar-refractivity contribution in [1.29, 1.82) is 0 Å². The van der Waals surface area contributed by atoms with E-state index in [2.05, 4.69) is 5.32 Å². The highest BCUT2D eigenvalue weighted by Crippen LogP contribution is 2.22. The fourth-order valence-corrected chi connectivity index (χ4v) is 1.50. The van der Waals surface area contributed by atoms with Crippen molar-refractivity contribution in [3.05, 3.63) is 35.4 Å². The Morgan fingerprint density at radius 3 is 2.61 bits per heavy atom. The zero-order chi connectivity index (χ0) is 13.7. The molecule has 0 saturated heterocycles. The highest BCUT2D eigenvalue weighted by atomic mass is 19.1. The molecule has 1 aromatic carbocycles. The molecular formula is C12H15F2NO3. The van der Waals surface area contributed by atoms with E-state index >= 15 is 0 Å². The minimum absolute atomic E-state index is 0.0670. The lowest BCUT2D eigenvalue weighted by molar-refractivity contribution is -0.119. The average Bonchev–Trinajstić information content (AvgIpc) is 2.27. The lowest BCUT2D eigenvalue weighted by Crippen LogP contribution is -2.28. The third kappa shape index (κ3) is 4.05. The Kier molecular flexibility index (Phi) is 5.18. The van der Waals surface area contributed by atoms with Gasteiger partial charge >= 0.3 is 0 Å². The number of carbonyl (C=O) groups is 1. The van der Waals surface area contributed by atoms with E-state index in [1.165, 1.54) is 6.92 Å². The van der Waals surface area contributed by atoms with Crippen LogP contribution in [0.1, 0.15) is 25.0 Å². The van der Waals surface area contributed by atoms with Crippen molar-refractivity contribution in [3.63, 3.8) is 0 Å². The zero-order valence-electron chi connectivity index (χ0n) is 9.86. The molecule has 0 radical (unpaired) electrons. The predicted molar refractivity (Wildman–Crippen MR) is 60.6 cm³/mol. The summed E-state index contributed by atoms with van der Waals surface area (Å²) < 4.78 is 26.0. The minimum Gasteiger partial charge on any atom is -0.390 e. The van der Waals surface area contributed by atoms with Crippen LogP contribution >= 0.6 is 0 Å². The highest BCUT2D eigenvalue weighted by Gasteiger charge is 2.21. The second-order valence-corrected chi connectivity index (χ2v) is 3.95. The van der Waals surface area contributed by atoms with Gasteiger partial charge in [-0.2, -0.15) is 0 Å². The molecule has 4 nitrogen and oxygen atoms in total. The first kappa shape index (κ1) is 14.5. The van der Waals surface area contributed by atoms with Gasteiger partial charge in [-0.15, -0.1) is 0 Å². The number of halogens is 2. The van der Waals surface area contributed by atoms with E-state index in [4.69, 9.17) is 0 Å². The van der Waals surface area contributed by atoms with Gasteiger partial charge in [-0.1, -0.05) is 6.07 Å². The molecule has 2 unspecified atom stereocenters. The van der Waals surface area contributed by atoms with E-state index in [0.29, 0.717) is 6.07 Å². The molecule has 100 valence electrons. The van der Waals surface area contributed by atoms with Crippen molar-refractivity contribution >= 4 is 5.91 Å². The van der Waals surface area contributed by atoms with Crippen LogP contribution in [0.2, 0.25) is 0 Å². The standard InChI is InChI=1S/C12H15F2NO3/c1-7(16)15-5-4-11(17)12(18)9-3-2-8(13)6-10(9)14/h2-3,6,11-12,17-18H,4-5H2,1H3,(H,15,16). The van der Waals surface area contributed by atoms with Crippen LogP contribution in [0.4, 0.5) is 8.78 Å². The number of benzene rings is 1. The van der Waals surface area contributed by atoms with E-state index in [0.717, 1.165) is 12.1 Å². The lowest BCUT2D eigenvalue weighted by Gasteiger charge is -2.18. The van der Waals surface area contributed by atoms with E-state index in [1.807, 2.05) is 0 Å². The zero-order valence-corrected chi connectivity index (χ0v) is 9.86. The first-order valence-corrected chi connectivity index (χ1v) is 5.47. The highest BCUT2D eigenvalue weighted by molar-refractivity contribution is 5.72. The third-order valence-electron chi connectivity index (χ3n) is 2.46. The summed E-state index contributed by atoms with van der Waals surface area (Å²) in [4.78, 5) is 10.6. The Labute approximate surface area is 103 Å². The van der Waals surface area contributed by atoms with Gasteiger partial charge in [0, 0.05) is 25.1 Å². The first-order valence-electron chi connectivity index (χ1n) is 5.47. The maximum absolute atomic E-state index is 13.3. The van der Waals surface area contributed by atoms with Crippen LogP contribution < -0.4 is 5.32 Å². The lowest BCUT2D eigenvalue weighted by atomic mass is 10.0. The molecule has 6 heteroatoms. The van der Waals surface area contributed by atoms with Gasteiger partial charge < -0.3 is 15.5 Å². The Morgan fingerprint density at radius 2 is 2.06 bits per heavy atom. The summed E-state index contributed by atoms with van der Waals surface area (Å²) in [5.74, 6) is -1.93. The average molecular weight is 259 g/mol. The van der Waals surface area contributed by atoms with E-state index < -0.39 is 23.8 Å². The molecule has 3 N–H and O–H groups in total. The molecule has 0 saturated carbocycles. The van der Waals surface area contributed by atoms with Gasteiger partial charge in [0.25, 0.3) is 0 Å². The van der Waals surface area contributed by atoms with Crippen molar-refractivity contribution in [3.8, 4) is 0 Å². The number of aliphatic hydroxyl groups is 2. The largest absolute Gasteiger partial charge is 0.390 e. The summed E-state index contributed by atoms with van der Waals surface area (Å²) in [6, 6.07) is 2.72. The van der Waals surface area contributed by atoms with Crippen LogP contribution in [-0.2, 0) is 4.79 Å². The number of nitrogens with one attached hydrogen (secondary N) is 1. The number of hydrogen-bond donors (Lipinski definition) is 3. The molecule has 2 atom stereocenters. The fourth-order valence-electron chi connectivity index (χ4n) is 1.50. The topological polar surface area (TPSA) is 69.6 Å². The maximum atomic E-state index is 13.3.